The molecule has 0 bridgehead atoms. The van der Waals surface area contributed by atoms with E-state index in [-0.39, 0.29) is 60.5 Å². The molecule has 0 spiro atoms. The number of carboxylic acids is 2. The number of esters is 4. The molecular weight excluding hydrogens is 833 g/mol. The number of carbonyl (C=O) groups is 6. The van der Waals surface area contributed by atoms with Gasteiger partial charge in [0, 0.05) is 8.80 Å². The fourth-order valence-corrected chi connectivity index (χ4v) is 20.5. The van der Waals surface area contributed by atoms with Gasteiger partial charge in [0.05, 0.1) is 53.2 Å². The maximum atomic E-state index is 11.5. The highest BCUT2D eigenvalue weighted by molar-refractivity contribution is 6.84. The van der Waals surface area contributed by atoms with Crippen molar-refractivity contribution in [2.24, 2.45) is 17.8 Å². The zero-order chi connectivity index (χ0) is 49.0. The maximum absolute atomic E-state index is 11.5. The minimum absolute atomic E-state index is 0. The van der Waals surface area contributed by atoms with Crippen LogP contribution in [0.2, 0.25) is 62.0 Å². The molecule has 2 saturated heterocycles. The van der Waals surface area contributed by atoms with Gasteiger partial charge in [0.2, 0.25) is 0 Å². The van der Waals surface area contributed by atoms with E-state index in [1.165, 1.54) is 6.04 Å². The molecule has 2 N–H and O–H groups in total. The van der Waals surface area contributed by atoms with Gasteiger partial charge in [-0.1, -0.05) is 183 Å². The normalized spacial score (nSPS) is 18.2. The number of aliphatic carboxylic acids is 2. The molecule has 10 nitrogen and oxygen atoms in total. The lowest BCUT2D eigenvalue weighted by Gasteiger charge is -2.50. The van der Waals surface area contributed by atoms with E-state index in [9.17, 15) is 28.8 Å². The van der Waals surface area contributed by atoms with Crippen molar-refractivity contribution >= 4 is 60.8 Å². The van der Waals surface area contributed by atoms with Crippen molar-refractivity contribution in [1.82, 2.24) is 0 Å². The molecule has 62 heavy (non-hydrogen) atoms. The van der Waals surface area contributed by atoms with Gasteiger partial charge in [-0.3, -0.25) is 28.8 Å². The number of ether oxygens (including phenoxy) is 2. The highest BCUT2D eigenvalue weighted by Crippen LogP contribution is 2.55. The molecule has 2 aliphatic rings. The third-order valence-electron chi connectivity index (χ3n) is 14.8. The van der Waals surface area contributed by atoms with Gasteiger partial charge in [-0.2, -0.15) is 0 Å². The Kier molecular flexibility index (Phi) is 25.5. The van der Waals surface area contributed by atoms with Gasteiger partial charge >= 0.3 is 35.8 Å². The second-order valence-electron chi connectivity index (χ2n) is 24.4. The molecule has 0 amide bonds. The van der Waals surface area contributed by atoms with Crippen LogP contribution in [0.1, 0.15) is 183 Å². The molecular formula is C49H96O10Si3. The Bertz CT molecular complexity index is 1440. The minimum Gasteiger partial charge on any atom is -0.481 e. The molecule has 0 saturated carbocycles. The molecule has 0 aromatic rings. The van der Waals surface area contributed by atoms with Gasteiger partial charge in [-0.25, -0.2) is 0 Å². The van der Waals surface area contributed by atoms with Crippen molar-refractivity contribution in [2.75, 3.05) is 0 Å². The van der Waals surface area contributed by atoms with E-state index in [0.29, 0.717) is 33.0 Å². The molecule has 2 heterocycles. The Labute approximate surface area is 383 Å². The van der Waals surface area contributed by atoms with Crippen LogP contribution in [0.15, 0.2) is 12.7 Å². The van der Waals surface area contributed by atoms with Crippen molar-refractivity contribution < 1.29 is 48.5 Å². The summed E-state index contributed by atoms with van der Waals surface area (Å²) in [5.41, 5.74) is 0. The van der Waals surface area contributed by atoms with Crippen LogP contribution in [0.5, 0.6) is 0 Å². The van der Waals surface area contributed by atoms with Crippen LogP contribution in [0.4, 0.5) is 0 Å². The Balaban J connectivity index is -0.000000784. The van der Waals surface area contributed by atoms with E-state index in [1.807, 2.05) is 0 Å². The summed E-state index contributed by atoms with van der Waals surface area (Å²) in [6.07, 6.45) is 5.42. The summed E-state index contributed by atoms with van der Waals surface area (Å²) >= 11 is 0. The lowest BCUT2D eigenvalue weighted by Crippen LogP contribution is -2.48. The van der Waals surface area contributed by atoms with Crippen LogP contribution in [-0.2, 0) is 38.2 Å². The second kappa shape index (κ2) is 24.8. The number of rotatable bonds is 13. The average Bonchev–Trinajstić information content (AvgIpc) is 3.54. The summed E-state index contributed by atoms with van der Waals surface area (Å²) in [4.78, 5) is 65.6. The van der Waals surface area contributed by atoms with E-state index in [2.05, 4.69) is 160 Å². The zero-order valence-corrected chi connectivity index (χ0v) is 46.0. The van der Waals surface area contributed by atoms with Crippen molar-refractivity contribution in [3.8, 4) is 0 Å². The van der Waals surface area contributed by atoms with Gasteiger partial charge in [0.1, 0.15) is 0 Å². The van der Waals surface area contributed by atoms with E-state index < -0.39 is 54.7 Å². The Morgan fingerprint density at radius 1 is 0.677 bits per heavy atom. The first-order chi connectivity index (χ1) is 27.0. The SMILES string of the molecule is C.C=CCC1CC(=O)OC1=O.CC(C)(C)[Si](C)(CCCC(CC(=O)O)C(=O)O)C(C)(C)C.CC(C)(C)[Si](C)(CCCC1CC(=O)OC1=O)C(C)(C)C.C[SiH](C(C)(C)C)C(C)(C)C. The maximum Gasteiger partial charge on any atom is 0.317 e. The molecule has 2 fully saturated rings. The summed E-state index contributed by atoms with van der Waals surface area (Å²) in [7, 11) is -3.71. The van der Waals surface area contributed by atoms with E-state index in [4.69, 9.17) is 10.2 Å². The van der Waals surface area contributed by atoms with Crippen LogP contribution >= 0.6 is 0 Å². The molecule has 3 unspecified atom stereocenters. The van der Waals surface area contributed by atoms with Crippen molar-refractivity contribution in [2.45, 2.75) is 245 Å². The molecule has 0 aromatic carbocycles. The van der Waals surface area contributed by atoms with Gasteiger partial charge in [-0.05, 0) is 49.5 Å². The lowest BCUT2D eigenvalue weighted by atomic mass is 10.0. The van der Waals surface area contributed by atoms with Crippen LogP contribution in [0, 0.1) is 17.8 Å². The van der Waals surface area contributed by atoms with Crippen molar-refractivity contribution in [1.29, 1.82) is 0 Å². The molecule has 0 aliphatic carbocycles. The largest absolute Gasteiger partial charge is 0.481 e. The van der Waals surface area contributed by atoms with E-state index in [1.54, 1.807) is 6.08 Å². The minimum atomic E-state index is -1.63. The topological polar surface area (TPSA) is 161 Å². The zero-order valence-electron chi connectivity index (χ0n) is 42.8. The van der Waals surface area contributed by atoms with Crippen molar-refractivity contribution in [3.05, 3.63) is 12.7 Å². The standard InChI is InChI=1S/C16H32O4Si.C16H30O3Si.C9H22Si.C7H8O3.CH4/c1-15(2,3)21(7,16(4,5)6)10-8-9-12(14(19)20)11-13(17)18;1-15(2,3)20(7,16(4,5)6)10-8-9-12-11-13(17)19-14(12)18;1-8(2,3)10(7)9(4,5)6;1-2-3-5-4-6(8)10-7(5)9;/h12H,8-11H2,1-7H3,(H,17,18)(H,19,20);12H,8-11H2,1-7H3;10H,1-7H3;2,5H,1,3-4H2;1H4. The molecule has 13 heteroatoms. The molecule has 3 atom stereocenters. The summed E-state index contributed by atoms with van der Waals surface area (Å²) in [5.74, 6) is -4.76. The average molecular weight is 930 g/mol. The quantitative estimate of drug-likeness (QED) is 0.0787. The van der Waals surface area contributed by atoms with Crippen LogP contribution in [0.3, 0.4) is 0 Å². The number of cyclic esters (lactones) is 4. The molecule has 364 valence electrons. The lowest BCUT2D eigenvalue weighted by molar-refractivity contribution is -0.154. The van der Waals surface area contributed by atoms with E-state index >= 15 is 0 Å². The summed E-state index contributed by atoms with van der Waals surface area (Å²) < 4.78 is 8.93. The summed E-state index contributed by atoms with van der Waals surface area (Å²) in [6.45, 7) is 52.7. The third kappa shape index (κ3) is 20.6. The molecule has 2 rings (SSSR count). The van der Waals surface area contributed by atoms with Gasteiger partial charge in [0.15, 0.2) is 0 Å². The summed E-state index contributed by atoms with van der Waals surface area (Å²) in [6, 6.07) is 2.22. The highest BCUT2D eigenvalue weighted by atomic mass is 28.3. The van der Waals surface area contributed by atoms with Crippen LogP contribution in [-0.4, -0.2) is 71.0 Å². The smallest absolute Gasteiger partial charge is 0.317 e. The molecule has 0 radical (unpaired) electrons. The van der Waals surface area contributed by atoms with Crippen LogP contribution < -0.4 is 0 Å². The number of carboxylic acid groups (broad SMARTS) is 2. The van der Waals surface area contributed by atoms with Gasteiger partial charge in [0.25, 0.3) is 0 Å². The first-order valence-electron chi connectivity index (χ1n) is 22.5. The Morgan fingerprint density at radius 2 is 1.02 bits per heavy atom. The summed E-state index contributed by atoms with van der Waals surface area (Å²) in [5, 5.41) is 20.2. The first kappa shape index (κ1) is 63.9. The number of carbonyl (C=O) groups excluding carboxylic acids is 4. The molecule has 2 aliphatic heterocycles. The predicted molar refractivity (Wildman–Crippen MR) is 266 cm³/mol. The third-order valence-corrected chi connectivity index (χ3v) is 36.0. The highest BCUT2D eigenvalue weighted by Gasteiger charge is 2.49. The monoisotopic (exact) mass is 929 g/mol. The number of hydrogen-bond donors (Lipinski definition) is 2. The number of allylic oxidation sites excluding steroid dienone is 1. The molecule has 0 aromatic heterocycles. The number of hydrogen-bond acceptors (Lipinski definition) is 8. The predicted octanol–water partition coefficient (Wildman–Crippen LogP) is 13.9. The van der Waals surface area contributed by atoms with Crippen molar-refractivity contribution in [3.63, 3.8) is 0 Å². The van der Waals surface area contributed by atoms with Gasteiger partial charge in [-0.15, -0.1) is 6.58 Å². The first-order valence-corrected chi connectivity index (χ1v) is 30.3. The van der Waals surface area contributed by atoms with Crippen LogP contribution in [0.25, 0.3) is 0 Å². The van der Waals surface area contributed by atoms with Gasteiger partial charge < -0.3 is 19.7 Å². The second-order valence-corrected chi connectivity index (χ2v) is 41.7. The Morgan fingerprint density at radius 3 is 1.26 bits per heavy atom. The fourth-order valence-electron chi connectivity index (χ4n) is 8.62. The fraction of sp³-hybridized carbons (Fsp3) is 0.837. The Hall–Kier alpha value is -2.39. The van der Waals surface area contributed by atoms with E-state index in [0.717, 1.165) is 25.3 Å².